The number of para-hydroxylation sites is 1. The van der Waals surface area contributed by atoms with Gasteiger partial charge in [-0.1, -0.05) is 88.4 Å². The molecule has 1 aliphatic heterocycles. The van der Waals surface area contributed by atoms with Gasteiger partial charge in [0.05, 0.1) is 5.69 Å². The van der Waals surface area contributed by atoms with E-state index in [0.29, 0.717) is 5.41 Å². The summed E-state index contributed by atoms with van der Waals surface area (Å²) in [5.41, 5.74) is 10.6. The predicted molar refractivity (Wildman–Crippen MR) is 196 cm³/mol. The highest BCUT2D eigenvalue weighted by molar-refractivity contribution is 5.99. The molecule has 48 heavy (non-hydrogen) atoms. The first-order chi connectivity index (χ1) is 23.2. The minimum absolute atomic E-state index is 0.0537. The van der Waals surface area contributed by atoms with Crippen molar-refractivity contribution in [1.82, 2.24) is 0 Å². The highest BCUT2D eigenvalue weighted by atomic mass is 16.5. The smallest absolute Gasteiger partial charge is 0.131 e. The number of rotatable bonds is 3. The van der Waals surface area contributed by atoms with Crippen LogP contribution >= 0.6 is 0 Å². The monoisotopic (exact) mass is 627 g/mol. The lowest BCUT2D eigenvalue weighted by molar-refractivity contribution is -0.235. The third-order valence-electron chi connectivity index (χ3n) is 14.8. The van der Waals surface area contributed by atoms with Crippen LogP contribution in [-0.4, -0.2) is 0 Å². The summed E-state index contributed by atoms with van der Waals surface area (Å²) in [7, 11) is 0. The van der Waals surface area contributed by atoms with E-state index in [1.165, 1.54) is 88.6 Å². The van der Waals surface area contributed by atoms with E-state index in [0.717, 1.165) is 35.2 Å². The van der Waals surface area contributed by atoms with E-state index in [1.54, 1.807) is 0 Å². The Balaban J connectivity index is 1.15. The van der Waals surface area contributed by atoms with Gasteiger partial charge in [-0.2, -0.15) is 0 Å². The molecule has 2 bridgehead atoms. The lowest BCUT2D eigenvalue weighted by atomic mass is 9.26. The summed E-state index contributed by atoms with van der Waals surface area (Å²) >= 11 is 0. The zero-order chi connectivity index (χ0) is 32.2. The number of hydrogen-bond donors (Lipinski definition) is 0. The second-order valence-electron chi connectivity index (χ2n) is 17.7. The van der Waals surface area contributed by atoms with Crippen molar-refractivity contribution in [3.63, 3.8) is 0 Å². The number of benzene rings is 5. The maximum absolute atomic E-state index is 6.82. The normalized spacial score (nSPS) is 31.9. The van der Waals surface area contributed by atoms with E-state index in [2.05, 4.69) is 136 Å². The summed E-state index contributed by atoms with van der Waals surface area (Å²) in [4.78, 5) is 2.56. The van der Waals surface area contributed by atoms with Crippen molar-refractivity contribution < 1.29 is 4.74 Å². The highest BCUT2D eigenvalue weighted by Crippen LogP contribution is 2.89. The van der Waals surface area contributed by atoms with Crippen LogP contribution in [0.25, 0.3) is 10.8 Å². The number of fused-ring (bicyclic) bond motifs is 9. The lowest BCUT2D eigenvalue weighted by Crippen LogP contribution is -2.74. The molecule has 5 aliphatic carbocycles. The third-order valence-corrected chi connectivity index (χ3v) is 14.8. The number of nitrogens with zero attached hydrogens (tertiary/aromatic N) is 1. The molecular formula is C46H45NO. The van der Waals surface area contributed by atoms with Crippen molar-refractivity contribution in [2.24, 2.45) is 29.1 Å². The molecule has 5 aromatic rings. The first-order valence-electron chi connectivity index (χ1n) is 18.6. The van der Waals surface area contributed by atoms with Gasteiger partial charge in [-0.05, 0) is 137 Å². The van der Waals surface area contributed by atoms with E-state index in [9.17, 15) is 0 Å². The van der Waals surface area contributed by atoms with E-state index in [-0.39, 0.29) is 16.2 Å². The Morgan fingerprint density at radius 3 is 2.15 bits per heavy atom. The maximum Gasteiger partial charge on any atom is 0.131 e. The molecule has 4 fully saturated rings. The van der Waals surface area contributed by atoms with Crippen LogP contribution in [0.4, 0.5) is 17.1 Å². The fourth-order valence-electron chi connectivity index (χ4n) is 12.8. The van der Waals surface area contributed by atoms with Crippen LogP contribution in [-0.2, 0) is 16.2 Å². The van der Waals surface area contributed by atoms with Crippen LogP contribution in [0.2, 0.25) is 0 Å². The molecule has 2 heteroatoms. The van der Waals surface area contributed by atoms with Gasteiger partial charge in [0.1, 0.15) is 11.5 Å². The molecule has 6 unspecified atom stereocenters. The van der Waals surface area contributed by atoms with Crippen LogP contribution in [0.1, 0.15) is 88.5 Å². The number of hydrogen-bond acceptors (Lipinski definition) is 2. The Kier molecular flexibility index (Phi) is 5.19. The Hall–Kier alpha value is -4.04. The van der Waals surface area contributed by atoms with Gasteiger partial charge in [0.15, 0.2) is 0 Å². The van der Waals surface area contributed by atoms with Gasteiger partial charge < -0.3 is 9.64 Å². The van der Waals surface area contributed by atoms with Gasteiger partial charge in [-0.15, -0.1) is 0 Å². The molecule has 0 saturated heterocycles. The van der Waals surface area contributed by atoms with E-state index >= 15 is 0 Å². The SMILES string of the molecule is CC1(C)CCC(C)(C)c2cc(N(c3ccc4c(c3)C3(c5ccccc5O4)C4CC5CC6CC3C64C5)c3cccc4ccccc34)ccc21. The van der Waals surface area contributed by atoms with Gasteiger partial charge >= 0.3 is 0 Å². The van der Waals surface area contributed by atoms with Gasteiger partial charge in [0.25, 0.3) is 0 Å². The van der Waals surface area contributed by atoms with Crippen molar-refractivity contribution in [3.05, 3.63) is 125 Å². The fourth-order valence-corrected chi connectivity index (χ4v) is 12.8. The molecule has 2 nitrogen and oxygen atoms in total. The van der Waals surface area contributed by atoms with E-state index in [4.69, 9.17) is 4.74 Å². The summed E-state index contributed by atoms with van der Waals surface area (Å²) in [6.45, 7) is 9.74. The largest absolute Gasteiger partial charge is 0.457 e. The summed E-state index contributed by atoms with van der Waals surface area (Å²) in [5.74, 6) is 5.48. The van der Waals surface area contributed by atoms with Crippen molar-refractivity contribution in [2.45, 2.75) is 82.5 Å². The van der Waals surface area contributed by atoms with E-state index in [1.807, 2.05) is 0 Å². The summed E-state index contributed by atoms with van der Waals surface area (Å²) in [6.07, 6.45) is 8.14. The average Bonchev–Trinajstić information content (AvgIpc) is 3.62. The summed E-state index contributed by atoms with van der Waals surface area (Å²) in [5, 5.41) is 2.55. The minimum atomic E-state index is 0.0537. The lowest BCUT2D eigenvalue weighted by Gasteiger charge is -2.77. The first-order valence-corrected chi connectivity index (χ1v) is 18.6. The second-order valence-corrected chi connectivity index (χ2v) is 17.7. The third kappa shape index (κ3) is 3.22. The zero-order valence-corrected chi connectivity index (χ0v) is 28.7. The molecule has 11 rings (SSSR count). The van der Waals surface area contributed by atoms with Crippen molar-refractivity contribution in [2.75, 3.05) is 4.90 Å². The van der Waals surface area contributed by atoms with Crippen LogP contribution in [0.15, 0.2) is 103 Å². The van der Waals surface area contributed by atoms with Crippen molar-refractivity contribution in [1.29, 1.82) is 0 Å². The molecule has 6 aliphatic rings. The van der Waals surface area contributed by atoms with Crippen LogP contribution in [0.5, 0.6) is 11.5 Å². The molecule has 0 N–H and O–H groups in total. The molecule has 6 atom stereocenters. The fraction of sp³-hybridized carbons (Fsp3) is 0.391. The minimum Gasteiger partial charge on any atom is -0.457 e. The highest BCUT2D eigenvalue weighted by Gasteiger charge is 2.84. The second kappa shape index (κ2) is 8.94. The van der Waals surface area contributed by atoms with E-state index < -0.39 is 0 Å². The standard InChI is InChI=1S/C46H45NO/c1-43(2)20-21-44(3,4)36-25-31(16-18-34(36)43)47(38-14-9-11-29-10-5-6-12-33(29)38)32-17-19-40-37(26-32)46(35-13-7-8-15-39(35)48-40)41-23-28-22-30-24-42(46)45(30,41)27-28/h5-19,25-26,28,30,41-42H,20-24,27H2,1-4H3. The van der Waals surface area contributed by atoms with Crippen molar-refractivity contribution >= 4 is 27.8 Å². The Morgan fingerprint density at radius 1 is 0.604 bits per heavy atom. The predicted octanol–water partition coefficient (Wildman–Crippen LogP) is 12.1. The molecule has 4 saturated carbocycles. The number of ether oxygens (including phenoxy) is 1. The molecule has 5 aromatic carbocycles. The maximum atomic E-state index is 6.82. The number of anilines is 3. The first kappa shape index (κ1) is 27.9. The Morgan fingerprint density at radius 2 is 1.29 bits per heavy atom. The van der Waals surface area contributed by atoms with Gasteiger partial charge in [0, 0.05) is 33.3 Å². The van der Waals surface area contributed by atoms with Gasteiger partial charge in [-0.25, -0.2) is 0 Å². The van der Waals surface area contributed by atoms with Crippen LogP contribution in [0.3, 0.4) is 0 Å². The van der Waals surface area contributed by atoms with Gasteiger partial charge in [0.2, 0.25) is 0 Å². The summed E-state index contributed by atoms with van der Waals surface area (Å²) < 4.78 is 6.82. The molecule has 240 valence electrons. The Bertz CT molecular complexity index is 2190. The van der Waals surface area contributed by atoms with Crippen LogP contribution < -0.4 is 9.64 Å². The zero-order valence-electron chi connectivity index (χ0n) is 28.7. The van der Waals surface area contributed by atoms with Gasteiger partial charge in [-0.3, -0.25) is 0 Å². The molecule has 1 heterocycles. The summed E-state index contributed by atoms with van der Waals surface area (Å²) in [6, 6.07) is 39.3. The van der Waals surface area contributed by atoms with Crippen molar-refractivity contribution in [3.8, 4) is 11.5 Å². The molecule has 2 spiro atoms. The quantitative estimate of drug-likeness (QED) is 0.197. The molecule has 0 aromatic heterocycles. The molecule has 0 amide bonds. The molecule has 0 radical (unpaired) electrons. The average molecular weight is 628 g/mol. The topological polar surface area (TPSA) is 12.5 Å². The Labute approximate surface area is 285 Å². The van der Waals surface area contributed by atoms with Crippen LogP contribution in [0, 0.1) is 29.1 Å². The molecular weight excluding hydrogens is 583 g/mol.